The van der Waals surface area contributed by atoms with Crippen LogP contribution in [0.2, 0.25) is 5.28 Å². The van der Waals surface area contributed by atoms with Gasteiger partial charge in [-0.2, -0.15) is 15.1 Å². The summed E-state index contributed by atoms with van der Waals surface area (Å²) in [6.07, 6.45) is -2.00. The van der Waals surface area contributed by atoms with Gasteiger partial charge in [-0.15, -0.1) is 0 Å². The lowest BCUT2D eigenvalue weighted by Gasteiger charge is -2.32. The highest BCUT2D eigenvalue weighted by molar-refractivity contribution is 6.28. The first-order valence-electron chi connectivity index (χ1n) is 7.69. The van der Waals surface area contributed by atoms with Gasteiger partial charge in [-0.05, 0) is 31.9 Å². The van der Waals surface area contributed by atoms with E-state index in [4.69, 9.17) is 20.5 Å². The van der Waals surface area contributed by atoms with Crippen molar-refractivity contribution in [3.05, 3.63) is 11.0 Å². The Morgan fingerprint density at radius 2 is 2.40 bits per heavy atom. The SMILES string of the molecule is [2H]C([2H])([2H])N1CC[C@@H](Oc2nc(Cl)nc3n[nH]c(C)c23)[C@@H](F)C1. The van der Waals surface area contributed by atoms with Crippen LogP contribution in [-0.4, -0.2) is 57.4 Å². The second-order valence-corrected chi connectivity index (χ2v) is 5.09. The Morgan fingerprint density at radius 3 is 3.15 bits per heavy atom. The zero-order valence-corrected chi connectivity index (χ0v) is 11.5. The molecule has 0 amide bonds. The van der Waals surface area contributed by atoms with Crippen molar-refractivity contribution in [2.24, 2.45) is 0 Å². The van der Waals surface area contributed by atoms with E-state index >= 15 is 0 Å². The van der Waals surface area contributed by atoms with Gasteiger partial charge < -0.3 is 9.64 Å². The second-order valence-electron chi connectivity index (χ2n) is 4.75. The largest absolute Gasteiger partial charge is 0.471 e. The van der Waals surface area contributed by atoms with Gasteiger partial charge >= 0.3 is 0 Å². The molecule has 0 spiro atoms. The lowest BCUT2D eigenvalue weighted by molar-refractivity contribution is 0.0296. The first-order chi connectivity index (χ1) is 10.8. The van der Waals surface area contributed by atoms with Gasteiger partial charge in [-0.3, -0.25) is 5.10 Å². The summed E-state index contributed by atoms with van der Waals surface area (Å²) in [6.45, 7) is -0.535. The molecule has 0 aliphatic carbocycles. The second kappa shape index (κ2) is 5.14. The molecule has 2 atom stereocenters. The van der Waals surface area contributed by atoms with E-state index in [1.807, 2.05) is 0 Å². The first-order valence-corrected chi connectivity index (χ1v) is 6.57. The van der Waals surface area contributed by atoms with Crippen LogP contribution in [0.3, 0.4) is 0 Å². The molecule has 1 N–H and O–H groups in total. The van der Waals surface area contributed by atoms with Crippen LogP contribution in [0.5, 0.6) is 5.88 Å². The molecule has 0 radical (unpaired) electrons. The maximum Gasteiger partial charge on any atom is 0.229 e. The Morgan fingerprint density at radius 1 is 1.55 bits per heavy atom. The molecule has 20 heavy (non-hydrogen) atoms. The molecule has 6 nitrogen and oxygen atoms in total. The van der Waals surface area contributed by atoms with E-state index in [0.717, 1.165) is 4.90 Å². The Hall–Kier alpha value is -1.47. The Kier molecular flexibility index (Phi) is 2.64. The minimum Gasteiger partial charge on any atom is -0.471 e. The van der Waals surface area contributed by atoms with Crippen LogP contribution in [0.15, 0.2) is 0 Å². The van der Waals surface area contributed by atoms with Crippen LogP contribution in [0, 0.1) is 6.92 Å². The van der Waals surface area contributed by atoms with Crippen LogP contribution in [0.25, 0.3) is 11.0 Å². The number of piperidine rings is 1. The highest BCUT2D eigenvalue weighted by Crippen LogP contribution is 2.28. The molecule has 1 aliphatic heterocycles. The van der Waals surface area contributed by atoms with Crippen LogP contribution >= 0.6 is 11.6 Å². The average molecular weight is 303 g/mol. The van der Waals surface area contributed by atoms with E-state index in [0.29, 0.717) is 16.7 Å². The van der Waals surface area contributed by atoms with E-state index in [1.54, 1.807) is 6.92 Å². The summed E-state index contributed by atoms with van der Waals surface area (Å²) in [7, 11) is 0. The van der Waals surface area contributed by atoms with E-state index < -0.39 is 19.3 Å². The van der Waals surface area contributed by atoms with Gasteiger partial charge in [-0.25, -0.2) is 4.39 Å². The van der Waals surface area contributed by atoms with Gasteiger partial charge in [0, 0.05) is 22.9 Å². The number of aromatic nitrogens is 4. The molecular formula is C12H15ClFN5O. The Balaban J connectivity index is 1.82. The molecule has 1 fully saturated rings. The van der Waals surface area contributed by atoms with Crippen molar-refractivity contribution in [3.63, 3.8) is 0 Å². The van der Waals surface area contributed by atoms with Crippen LogP contribution < -0.4 is 4.74 Å². The number of ether oxygens (including phenoxy) is 1. The number of H-pyrrole nitrogens is 1. The number of nitrogens with zero attached hydrogens (tertiary/aromatic N) is 4. The van der Waals surface area contributed by atoms with Crippen LogP contribution in [-0.2, 0) is 0 Å². The molecule has 108 valence electrons. The highest BCUT2D eigenvalue weighted by atomic mass is 35.5. The molecule has 8 heteroatoms. The average Bonchev–Trinajstić information content (AvgIpc) is 2.81. The summed E-state index contributed by atoms with van der Waals surface area (Å²) in [5.74, 6) is 0.154. The summed E-state index contributed by atoms with van der Waals surface area (Å²) < 4.78 is 42.0. The van der Waals surface area contributed by atoms with Gasteiger partial charge in [0.2, 0.25) is 11.2 Å². The van der Waals surface area contributed by atoms with Crippen molar-refractivity contribution in [3.8, 4) is 5.88 Å². The number of fused-ring (bicyclic) bond motifs is 1. The number of halogens is 2. The number of aryl methyl sites for hydroxylation is 1. The molecule has 2 aromatic rings. The molecular weight excluding hydrogens is 285 g/mol. The lowest BCUT2D eigenvalue weighted by Crippen LogP contribution is -2.45. The van der Waals surface area contributed by atoms with Gasteiger partial charge in [0.15, 0.2) is 5.65 Å². The van der Waals surface area contributed by atoms with E-state index in [-0.39, 0.29) is 30.7 Å². The fourth-order valence-corrected chi connectivity index (χ4v) is 2.41. The molecule has 0 bridgehead atoms. The number of rotatable bonds is 2. The zero-order valence-electron chi connectivity index (χ0n) is 13.7. The Bertz CT molecular complexity index is 725. The standard InChI is InChI=1S/C12H15ClFN5O/c1-6-9-10(18-17-6)15-12(13)16-11(9)20-8-3-4-19(2)5-7(8)14/h7-8H,3-5H2,1-2H3,(H,15,16,17,18)/t7-,8+/m0/s1/i2D3. The summed E-state index contributed by atoms with van der Waals surface area (Å²) in [5, 5.41) is 7.23. The van der Waals surface area contributed by atoms with E-state index in [1.165, 1.54) is 0 Å². The summed E-state index contributed by atoms with van der Waals surface area (Å²) in [6, 6.07) is 0. The molecule has 2 aromatic heterocycles. The number of likely N-dealkylation sites (tertiary alicyclic amines) is 1. The predicted molar refractivity (Wildman–Crippen MR) is 72.9 cm³/mol. The molecule has 0 saturated carbocycles. The van der Waals surface area contributed by atoms with Crippen LogP contribution in [0.1, 0.15) is 16.2 Å². The van der Waals surface area contributed by atoms with Gasteiger partial charge in [-0.1, -0.05) is 0 Å². The molecule has 0 aromatic carbocycles. The third-order valence-corrected chi connectivity index (χ3v) is 3.45. The van der Waals surface area contributed by atoms with Crippen molar-refractivity contribution in [2.75, 3.05) is 20.1 Å². The molecule has 0 unspecified atom stereocenters. The summed E-state index contributed by atoms with van der Waals surface area (Å²) in [4.78, 5) is 9.11. The quantitative estimate of drug-likeness (QED) is 0.856. The topological polar surface area (TPSA) is 66.9 Å². The fraction of sp³-hybridized carbons (Fsp3) is 0.583. The molecule has 1 aliphatic rings. The highest BCUT2D eigenvalue weighted by Gasteiger charge is 2.30. The zero-order chi connectivity index (χ0) is 16.8. The van der Waals surface area contributed by atoms with E-state index in [9.17, 15) is 4.39 Å². The lowest BCUT2D eigenvalue weighted by atomic mass is 10.1. The maximum atomic E-state index is 14.3. The predicted octanol–water partition coefficient (Wildman–Crippen LogP) is 1.74. The van der Waals surface area contributed by atoms with Crippen molar-refractivity contribution in [1.82, 2.24) is 25.1 Å². The van der Waals surface area contributed by atoms with Crippen molar-refractivity contribution in [2.45, 2.75) is 25.6 Å². The normalized spacial score (nSPS) is 27.1. The van der Waals surface area contributed by atoms with Crippen LogP contribution in [0.4, 0.5) is 4.39 Å². The van der Waals surface area contributed by atoms with Crippen molar-refractivity contribution < 1.29 is 13.2 Å². The summed E-state index contributed by atoms with van der Waals surface area (Å²) in [5.41, 5.74) is 1.02. The molecule has 3 heterocycles. The van der Waals surface area contributed by atoms with Gasteiger partial charge in [0.1, 0.15) is 17.7 Å². The number of hydrogen-bond donors (Lipinski definition) is 1. The van der Waals surface area contributed by atoms with E-state index in [2.05, 4.69) is 20.2 Å². The fourth-order valence-electron chi connectivity index (χ4n) is 2.25. The van der Waals surface area contributed by atoms with Gasteiger partial charge in [0.05, 0.1) is 0 Å². The first kappa shape index (κ1) is 10.3. The molecule has 3 rings (SSSR count). The smallest absolute Gasteiger partial charge is 0.229 e. The number of nitrogens with one attached hydrogen (secondary N) is 1. The molecule has 1 saturated heterocycles. The third kappa shape index (κ3) is 2.43. The minimum atomic E-state index is -2.30. The third-order valence-electron chi connectivity index (χ3n) is 3.28. The maximum absolute atomic E-state index is 14.3. The number of alkyl halides is 1. The summed E-state index contributed by atoms with van der Waals surface area (Å²) >= 11 is 5.84. The number of aromatic amines is 1. The van der Waals surface area contributed by atoms with Gasteiger partial charge in [0.25, 0.3) is 0 Å². The minimum absolute atomic E-state index is 0.0469. The number of hydrogen-bond acceptors (Lipinski definition) is 5. The Labute approximate surface area is 124 Å². The van der Waals surface area contributed by atoms with Crippen molar-refractivity contribution >= 4 is 22.6 Å². The monoisotopic (exact) mass is 302 g/mol. The van der Waals surface area contributed by atoms with Crippen molar-refractivity contribution in [1.29, 1.82) is 0 Å².